The number of carbonyl (C=O) groups excluding carboxylic acids is 2. The van der Waals surface area contributed by atoms with Gasteiger partial charge in [0.2, 0.25) is 0 Å². The molecule has 0 amide bonds. The van der Waals surface area contributed by atoms with E-state index in [4.69, 9.17) is 14.2 Å². The zero-order valence-corrected chi connectivity index (χ0v) is 12.6. The normalized spacial score (nSPS) is 15.6. The molecule has 0 aliphatic carbocycles. The largest absolute Gasteiger partial charge is 0.466 e. The first-order valence-corrected chi connectivity index (χ1v) is 6.39. The van der Waals surface area contributed by atoms with E-state index in [1.165, 1.54) is 14.2 Å². The van der Waals surface area contributed by atoms with E-state index in [2.05, 4.69) is 0 Å². The van der Waals surface area contributed by atoms with Gasteiger partial charge in [-0.25, -0.2) is 9.59 Å². The number of allylic oxidation sites excluding steroid dienone is 2. The zero-order chi connectivity index (χ0) is 15.3. The smallest absolute Gasteiger partial charge is 0.335 e. The van der Waals surface area contributed by atoms with Gasteiger partial charge in [0.05, 0.1) is 25.4 Å². The van der Waals surface area contributed by atoms with Gasteiger partial charge in [-0.3, -0.25) is 0 Å². The summed E-state index contributed by atoms with van der Waals surface area (Å²) in [4.78, 5) is 25.5. The van der Waals surface area contributed by atoms with Crippen LogP contribution in [0.3, 0.4) is 0 Å². The van der Waals surface area contributed by atoms with E-state index < -0.39 is 11.9 Å². The van der Waals surface area contributed by atoms with Gasteiger partial charge in [0, 0.05) is 24.4 Å². The topological polar surface area (TPSA) is 65.1 Å². The molecule has 20 heavy (non-hydrogen) atoms. The molecule has 1 rings (SSSR count). The van der Waals surface area contributed by atoms with E-state index in [1.807, 2.05) is 20.8 Å². The molecule has 0 N–H and O–H groups in total. The monoisotopic (exact) mass is 283 g/mol. The van der Waals surface area contributed by atoms with Gasteiger partial charge in [-0.05, 0) is 20.8 Å². The number of ether oxygens (including phenoxy) is 3. The molecule has 0 aromatic rings. The quantitative estimate of drug-likeness (QED) is 0.714. The van der Waals surface area contributed by atoms with Crippen LogP contribution in [0.2, 0.25) is 0 Å². The highest BCUT2D eigenvalue weighted by Crippen LogP contribution is 2.31. The fraction of sp³-hybridized carbons (Fsp3) is 0.571. The molecule has 0 bridgehead atoms. The van der Waals surface area contributed by atoms with Crippen molar-refractivity contribution in [2.75, 3.05) is 27.6 Å². The standard InChI is InChI=1S/C14H21NO5/c1-6-20-8-15-9(2)11(13(16)18-4)7-12(10(15)3)14(17)19-5/h6-8H2,1-5H3. The third-order valence-electron chi connectivity index (χ3n) is 3.32. The predicted octanol–water partition coefficient (Wildman–Crippen LogP) is 1.58. The van der Waals surface area contributed by atoms with Crippen LogP contribution in [0.15, 0.2) is 22.5 Å². The summed E-state index contributed by atoms with van der Waals surface area (Å²) in [6, 6.07) is 0. The van der Waals surface area contributed by atoms with Gasteiger partial charge in [0.1, 0.15) is 6.73 Å². The van der Waals surface area contributed by atoms with E-state index in [1.54, 1.807) is 4.90 Å². The molecule has 1 aliphatic heterocycles. The van der Waals surface area contributed by atoms with Crippen LogP contribution < -0.4 is 0 Å². The van der Waals surface area contributed by atoms with Gasteiger partial charge < -0.3 is 19.1 Å². The van der Waals surface area contributed by atoms with Crippen molar-refractivity contribution in [3.05, 3.63) is 22.5 Å². The highest BCUT2D eigenvalue weighted by Gasteiger charge is 2.30. The Morgan fingerprint density at radius 3 is 1.85 bits per heavy atom. The summed E-state index contributed by atoms with van der Waals surface area (Å²) in [6.07, 6.45) is 0.208. The van der Waals surface area contributed by atoms with E-state index in [0.717, 1.165) is 11.4 Å². The van der Waals surface area contributed by atoms with Gasteiger partial charge in [-0.2, -0.15) is 0 Å². The second-order valence-corrected chi connectivity index (χ2v) is 4.34. The lowest BCUT2D eigenvalue weighted by Crippen LogP contribution is -2.32. The lowest BCUT2D eigenvalue weighted by molar-refractivity contribution is -0.137. The average Bonchev–Trinajstić information content (AvgIpc) is 2.45. The van der Waals surface area contributed by atoms with Crippen LogP contribution in [0.4, 0.5) is 0 Å². The molecule has 6 heteroatoms. The van der Waals surface area contributed by atoms with Crippen molar-refractivity contribution in [1.29, 1.82) is 0 Å². The Hall–Kier alpha value is -1.82. The van der Waals surface area contributed by atoms with Crippen molar-refractivity contribution in [3.8, 4) is 0 Å². The fourth-order valence-electron chi connectivity index (χ4n) is 2.07. The second kappa shape index (κ2) is 7.09. The van der Waals surface area contributed by atoms with Gasteiger partial charge in [-0.1, -0.05) is 0 Å². The van der Waals surface area contributed by atoms with Crippen LogP contribution in [-0.2, 0) is 23.8 Å². The van der Waals surface area contributed by atoms with Crippen molar-refractivity contribution in [1.82, 2.24) is 4.90 Å². The summed E-state index contributed by atoms with van der Waals surface area (Å²) in [7, 11) is 2.64. The van der Waals surface area contributed by atoms with Crippen LogP contribution in [0.1, 0.15) is 27.2 Å². The van der Waals surface area contributed by atoms with E-state index in [0.29, 0.717) is 17.8 Å². The molecule has 0 radical (unpaired) electrons. The Bertz CT molecular complexity index is 426. The van der Waals surface area contributed by atoms with Gasteiger partial charge in [0.15, 0.2) is 0 Å². The first-order chi connectivity index (χ1) is 9.47. The number of methoxy groups -OCH3 is 2. The average molecular weight is 283 g/mol. The van der Waals surface area contributed by atoms with E-state index in [-0.39, 0.29) is 13.2 Å². The molecule has 1 aliphatic rings. The third-order valence-corrected chi connectivity index (χ3v) is 3.32. The summed E-state index contributed by atoms with van der Waals surface area (Å²) in [5, 5.41) is 0. The maximum absolute atomic E-state index is 11.8. The molecule has 1 heterocycles. The number of rotatable bonds is 5. The number of hydrogen-bond acceptors (Lipinski definition) is 6. The minimum atomic E-state index is -0.446. The Morgan fingerprint density at radius 1 is 1.05 bits per heavy atom. The highest BCUT2D eigenvalue weighted by molar-refractivity contribution is 5.96. The molecule has 0 saturated carbocycles. The number of nitrogens with zero attached hydrogens (tertiary/aromatic N) is 1. The maximum Gasteiger partial charge on any atom is 0.335 e. The lowest BCUT2D eigenvalue weighted by atomic mass is 9.97. The van der Waals surface area contributed by atoms with Crippen LogP contribution >= 0.6 is 0 Å². The molecular formula is C14H21NO5. The summed E-state index contributed by atoms with van der Waals surface area (Å²) in [6.45, 7) is 6.31. The maximum atomic E-state index is 11.8. The van der Waals surface area contributed by atoms with Crippen molar-refractivity contribution in [2.45, 2.75) is 27.2 Å². The van der Waals surface area contributed by atoms with Crippen LogP contribution in [0.25, 0.3) is 0 Å². The van der Waals surface area contributed by atoms with Gasteiger partial charge >= 0.3 is 11.9 Å². The van der Waals surface area contributed by atoms with Crippen molar-refractivity contribution >= 4 is 11.9 Å². The minimum absolute atomic E-state index is 0.208. The minimum Gasteiger partial charge on any atom is -0.466 e. The fourth-order valence-corrected chi connectivity index (χ4v) is 2.07. The molecule has 0 unspecified atom stereocenters. The molecule has 0 saturated heterocycles. The number of carbonyl (C=O) groups is 2. The van der Waals surface area contributed by atoms with Crippen molar-refractivity contribution in [3.63, 3.8) is 0 Å². The van der Waals surface area contributed by atoms with E-state index in [9.17, 15) is 9.59 Å². The zero-order valence-electron chi connectivity index (χ0n) is 12.6. The summed E-state index contributed by atoms with van der Waals surface area (Å²) in [5.41, 5.74) is 2.35. The predicted molar refractivity (Wildman–Crippen MR) is 72.4 cm³/mol. The molecule has 0 aromatic heterocycles. The Morgan fingerprint density at radius 2 is 1.50 bits per heavy atom. The van der Waals surface area contributed by atoms with Crippen LogP contribution in [0, 0.1) is 0 Å². The molecule has 6 nitrogen and oxygen atoms in total. The molecule has 0 aromatic carbocycles. The molecule has 0 spiro atoms. The first kappa shape index (κ1) is 16.2. The highest BCUT2D eigenvalue weighted by atomic mass is 16.5. The molecule has 0 fully saturated rings. The van der Waals surface area contributed by atoms with Crippen molar-refractivity contribution in [2.24, 2.45) is 0 Å². The number of esters is 2. The first-order valence-electron chi connectivity index (χ1n) is 6.39. The van der Waals surface area contributed by atoms with Gasteiger partial charge in [-0.15, -0.1) is 0 Å². The Labute approximate surface area is 119 Å². The lowest BCUT2D eigenvalue weighted by Gasteiger charge is -2.32. The summed E-state index contributed by atoms with van der Waals surface area (Å²) < 4.78 is 14.9. The molecular weight excluding hydrogens is 262 g/mol. The summed E-state index contributed by atoms with van der Waals surface area (Å²) >= 11 is 0. The van der Waals surface area contributed by atoms with Crippen LogP contribution in [-0.4, -0.2) is 44.4 Å². The summed E-state index contributed by atoms with van der Waals surface area (Å²) in [5.74, 6) is -0.893. The third kappa shape index (κ3) is 3.19. The Kier molecular flexibility index (Phi) is 5.76. The number of hydrogen-bond donors (Lipinski definition) is 0. The molecule has 0 atom stereocenters. The SMILES string of the molecule is CCOCN1C(C)=C(C(=O)OC)CC(C(=O)OC)=C1C. The van der Waals surface area contributed by atoms with Crippen molar-refractivity contribution < 1.29 is 23.8 Å². The van der Waals surface area contributed by atoms with E-state index >= 15 is 0 Å². The van der Waals surface area contributed by atoms with Crippen LogP contribution in [0.5, 0.6) is 0 Å². The second-order valence-electron chi connectivity index (χ2n) is 4.34. The molecule has 112 valence electrons. The Balaban J connectivity index is 3.19. The van der Waals surface area contributed by atoms with Gasteiger partial charge in [0.25, 0.3) is 0 Å².